The third-order valence-corrected chi connectivity index (χ3v) is 2.31. The van der Waals surface area contributed by atoms with Gasteiger partial charge in [-0.2, -0.15) is 5.10 Å². The molecule has 86 valence electrons. The molecule has 0 aromatic heterocycles. The van der Waals surface area contributed by atoms with E-state index in [-0.39, 0.29) is 18.9 Å². The molecule has 1 amide bonds. The molecule has 0 saturated carbocycles. The molecule has 0 radical (unpaired) electrons. The van der Waals surface area contributed by atoms with E-state index in [9.17, 15) is 4.79 Å². The van der Waals surface area contributed by atoms with E-state index >= 15 is 0 Å². The number of hydrazone groups is 1. The van der Waals surface area contributed by atoms with Crippen LogP contribution in [0.1, 0.15) is 18.4 Å². The van der Waals surface area contributed by atoms with Crippen molar-refractivity contribution >= 4 is 28.1 Å². The molecule has 0 aliphatic rings. The van der Waals surface area contributed by atoms with Crippen LogP contribution >= 0.6 is 15.9 Å². The predicted octanol–water partition coefficient (Wildman–Crippen LogP) is 1.67. The van der Waals surface area contributed by atoms with E-state index in [0.29, 0.717) is 6.42 Å². The molecule has 0 bridgehead atoms. The maximum atomic E-state index is 11.1. The van der Waals surface area contributed by atoms with E-state index in [0.717, 1.165) is 10.0 Å². The first-order valence-corrected chi connectivity index (χ1v) is 5.70. The number of aliphatic hydroxyl groups is 1. The number of hydrogen-bond donors (Lipinski definition) is 2. The molecular formula is C11H13BrN2O2. The topological polar surface area (TPSA) is 61.7 Å². The number of hydrogen-bond acceptors (Lipinski definition) is 3. The minimum Gasteiger partial charge on any atom is -0.396 e. The fraction of sp³-hybridized carbons (Fsp3) is 0.273. The van der Waals surface area contributed by atoms with E-state index in [1.165, 1.54) is 0 Å². The summed E-state index contributed by atoms with van der Waals surface area (Å²) in [6.45, 7) is 0.0166. The van der Waals surface area contributed by atoms with Crippen LogP contribution in [0.25, 0.3) is 0 Å². The third kappa shape index (κ3) is 5.04. The van der Waals surface area contributed by atoms with Crippen molar-refractivity contribution in [1.82, 2.24) is 5.43 Å². The van der Waals surface area contributed by atoms with Gasteiger partial charge in [-0.3, -0.25) is 4.79 Å². The summed E-state index contributed by atoms with van der Waals surface area (Å²) in [4.78, 5) is 11.1. The first-order valence-electron chi connectivity index (χ1n) is 4.90. The Morgan fingerprint density at radius 2 is 2.38 bits per heavy atom. The fourth-order valence-corrected chi connectivity index (χ4v) is 1.48. The molecule has 5 heteroatoms. The molecule has 0 aliphatic carbocycles. The van der Waals surface area contributed by atoms with Gasteiger partial charge in [-0.1, -0.05) is 28.1 Å². The molecule has 1 aromatic carbocycles. The Morgan fingerprint density at radius 3 is 3.06 bits per heavy atom. The maximum Gasteiger partial charge on any atom is 0.240 e. The van der Waals surface area contributed by atoms with Crippen LogP contribution in [0.15, 0.2) is 33.8 Å². The number of aliphatic hydroxyl groups excluding tert-OH is 1. The van der Waals surface area contributed by atoms with Crippen molar-refractivity contribution in [2.24, 2.45) is 5.10 Å². The van der Waals surface area contributed by atoms with Gasteiger partial charge in [0.15, 0.2) is 0 Å². The Bertz CT molecular complexity index is 380. The Kier molecular flexibility index (Phi) is 5.74. The van der Waals surface area contributed by atoms with Crippen LogP contribution in [-0.4, -0.2) is 23.8 Å². The number of amides is 1. The average molecular weight is 285 g/mol. The van der Waals surface area contributed by atoms with Gasteiger partial charge in [0.25, 0.3) is 0 Å². The standard InChI is InChI=1S/C11H13BrN2O2/c12-10-4-1-3-9(7-10)8-13-14-11(16)5-2-6-15/h1,3-4,7-8,15H,2,5-6H2,(H,14,16)/b13-8+. The number of nitrogens with zero attached hydrogens (tertiary/aromatic N) is 1. The summed E-state index contributed by atoms with van der Waals surface area (Å²) < 4.78 is 0.961. The molecule has 0 saturated heterocycles. The van der Waals surface area contributed by atoms with Gasteiger partial charge in [0, 0.05) is 17.5 Å². The summed E-state index contributed by atoms with van der Waals surface area (Å²) in [7, 11) is 0. The lowest BCUT2D eigenvalue weighted by Gasteiger charge is -1.97. The Balaban J connectivity index is 2.40. The summed E-state index contributed by atoms with van der Waals surface area (Å²) in [6.07, 6.45) is 2.31. The van der Waals surface area contributed by atoms with Crippen LogP contribution < -0.4 is 5.43 Å². The molecule has 0 spiro atoms. The highest BCUT2D eigenvalue weighted by Crippen LogP contribution is 2.09. The zero-order valence-electron chi connectivity index (χ0n) is 8.69. The van der Waals surface area contributed by atoms with Gasteiger partial charge in [0.1, 0.15) is 0 Å². The molecule has 4 nitrogen and oxygen atoms in total. The van der Waals surface area contributed by atoms with Crippen molar-refractivity contribution in [1.29, 1.82) is 0 Å². The predicted molar refractivity (Wildman–Crippen MR) is 66.2 cm³/mol. The lowest BCUT2D eigenvalue weighted by molar-refractivity contribution is -0.121. The SMILES string of the molecule is O=C(CCCO)N/N=C/c1cccc(Br)c1. The Hall–Kier alpha value is -1.20. The van der Waals surface area contributed by atoms with E-state index in [2.05, 4.69) is 26.5 Å². The number of carbonyl (C=O) groups excluding carboxylic acids is 1. The zero-order valence-corrected chi connectivity index (χ0v) is 10.3. The van der Waals surface area contributed by atoms with Crippen LogP contribution in [-0.2, 0) is 4.79 Å². The van der Waals surface area contributed by atoms with Crippen LogP contribution in [0.4, 0.5) is 0 Å². The molecule has 0 atom stereocenters. The van der Waals surface area contributed by atoms with Crippen molar-refractivity contribution in [3.63, 3.8) is 0 Å². The van der Waals surface area contributed by atoms with Crippen molar-refractivity contribution in [2.75, 3.05) is 6.61 Å². The minimum atomic E-state index is -0.194. The number of rotatable bonds is 5. The molecule has 16 heavy (non-hydrogen) atoms. The fourth-order valence-electron chi connectivity index (χ4n) is 1.06. The highest BCUT2D eigenvalue weighted by atomic mass is 79.9. The normalized spacial score (nSPS) is 10.6. The highest BCUT2D eigenvalue weighted by Gasteiger charge is 1.97. The summed E-state index contributed by atoms with van der Waals surface area (Å²) in [6, 6.07) is 7.58. The van der Waals surface area contributed by atoms with Crippen LogP contribution in [0.2, 0.25) is 0 Å². The Labute approximate surface area is 102 Å². The third-order valence-electron chi connectivity index (χ3n) is 1.81. The second-order valence-electron chi connectivity index (χ2n) is 3.18. The first-order chi connectivity index (χ1) is 7.72. The highest BCUT2D eigenvalue weighted by molar-refractivity contribution is 9.10. The van der Waals surface area contributed by atoms with Crippen LogP contribution in [0.5, 0.6) is 0 Å². The van der Waals surface area contributed by atoms with E-state index in [4.69, 9.17) is 5.11 Å². The van der Waals surface area contributed by atoms with Gasteiger partial charge >= 0.3 is 0 Å². The second-order valence-corrected chi connectivity index (χ2v) is 4.09. The summed E-state index contributed by atoms with van der Waals surface area (Å²) in [5.41, 5.74) is 3.29. The van der Waals surface area contributed by atoms with Crippen molar-refractivity contribution in [2.45, 2.75) is 12.8 Å². The maximum absolute atomic E-state index is 11.1. The van der Waals surface area contributed by atoms with Gasteiger partial charge in [-0.15, -0.1) is 0 Å². The van der Waals surface area contributed by atoms with Gasteiger partial charge in [-0.05, 0) is 24.1 Å². The number of benzene rings is 1. The quantitative estimate of drug-likeness (QED) is 0.638. The number of halogens is 1. The summed E-state index contributed by atoms with van der Waals surface area (Å²) in [5.74, 6) is -0.194. The first kappa shape index (κ1) is 12.9. The largest absolute Gasteiger partial charge is 0.396 e. The molecular weight excluding hydrogens is 272 g/mol. The Morgan fingerprint density at radius 1 is 1.56 bits per heavy atom. The van der Waals surface area contributed by atoms with E-state index < -0.39 is 0 Å². The molecule has 0 aliphatic heterocycles. The molecule has 0 heterocycles. The summed E-state index contributed by atoms with van der Waals surface area (Å²) in [5, 5.41) is 12.3. The van der Waals surface area contributed by atoms with Gasteiger partial charge in [-0.25, -0.2) is 5.43 Å². The van der Waals surface area contributed by atoms with Crippen LogP contribution in [0, 0.1) is 0 Å². The molecule has 1 aromatic rings. The molecule has 2 N–H and O–H groups in total. The zero-order chi connectivity index (χ0) is 11.8. The summed E-state index contributed by atoms with van der Waals surface area (Å²) >= 11 is 3.34. The molecule has 0 fully saturated rings. The minimum absolute atomic E-state index is 0.0166. The van der Waals surface area contributed by atoms with Gasteiger partial charge < -0.3 is 5.11 Å². The lowest BCUT2D eigenvalue weighted by Crippen LogP contribution is -2.17. The van der Waals surface area contributed by atoms with Crippen molar-refractivity contribution in [3.8, 4) is 0 Å². The average Bonchev–Trinajstić information content (AvgIpc) is 2.26. The lowest BCUT2D eigenvalue weighted by atomic mass is 10.2. The second kappa shape index (κ2) is 7.14. The van der Waals surface area contributed by atoms with E-state index in [1.54, 1.807) is 6.21 Å². The number of nitrogens with one attached hydrogen (secondary N) is 1. The monoisotopic (exact) mass is 284 g/mol. The van der Waals surface area contributed by atoms with Gasteiger partial charge in [0.05, 0.1) is 6.21 Å². The van der Waals surface area contributed by atoms with Crippen molar-refractivity contribution < 1.29 is 9.90 Å². The number of carbonyl (C=O) groups is 1. The smallest absolute Gasteiger partial charge is 0.240 e. The van der Waals surface area contributed by atoms with Crippen molar-refractivity contribution in [3.05, 3.63) is 34.3 Å². The van der Waals surface area contributed by atoms with Gasteiger partial charge in [0.2, 0.25) is 5.91 Å². The van der Waals surface area contributed by atoms with E-state index in [1.807, 2.05) is 24.3 Å². The molecule has 1 rings (SSSR count). The van der Waals surface area contributed by atoms with Crippen LogP contribution in [0.3, 0.4) is 0 Å². The molecule has 0 unspecified atom stereocenters.